The topological polar surface area (TPSA) is 38.5 Å². The summed E-state index contributed by atoms with van der Waals surface area (Å²) in [5.41, 5.74) is -0.0632. The van der Waals surface area contributed by atoms with Gasteiger partial charge in [-0.15, -0.1) is 0 Å². The van der Waals surface area contributed by atoms with Crippen LogP contribution >= 0.6 is 0 Å². The number of rotatable bonds is 3. The molecule has 2 heterocycles. The van der Waals surface area contributed by atoms with E-state index in [2.05, 4.69) is 9.88 Å². The number of hydrogen-bond donors (Lipinski definition) is 0. The molecule has 23 heavy (non-hydrogen) atoms. The van der Waals surface area contributed by atoms with Crippen LogP contribution in [0.2, 0.25) is 0 Å². The molecule has 0 spiro atoms. The van der Waals surface area contributed by atoms with E-state index in [-0.39, 0.29) is 17.0 Å². The van der Waals surface area contributed by atoms with Crippen LogP contribution in [-0.4, -0.2) is 36.2 Å². The average molecular weight is 328 g/mol. The Labute approximate surface area is 132 Å². The van der Waals surface area contributed by atoms with Gasteiger partial charge in [-0.05, 0) is 17.7 Å². The van der Waals surface area contributed by atoms with Crippen molar-refractivity contribution in [1.82, 2.24) is 9.88 Å². The van der Waals surface area contributed by atoms with Crippen LogP contribution in [0.4, 0.5) is 13.2 Å². The molecule has 1 aromatic carbocycles. The molecule has 1 aliphatic rings. The quantitative estimate of drug-likeness (QED) is 0.859. The van der Waals surface area contributed by atoms with Crippen molar-refractivity contribution in [2.75, 3.05) is 26.3 Å². The second-order valence-corrected chi connectivity index (χ2v) is 6.08. The van der Waals surface area contributed by atoms with Crippen molar-refractivity contribution in [2.24, 2.45) is 0 Å². The number of hydrogen-bond acceptors (Lipinski definition) is 4. The number of fused-ring (bicyclic) bond motifs is 1. The molecule has 7 heteroatoms. The zero-order valence-electron chi connectivity index (χ0n) is 13.1. The Kier molecular flexibility index (Phi) is 4.33. The lowest BCUT2D eigenvalue weighted by molar-refractivity contribution is -0.136. The molecule has 0 aliphatic carbocycles. The van der Waals surface area contributed by atoms with E-state index in [1.165, 1.54) is 6.07 Å². The van der Waals surface area contributed by atoms with E-state index in [1.54, 1.807) is 6.07 Å². The fourth-order valence-corrected chi connectivity index (χ4v) is 2.67. The minimum atomic E-state index is -4.47. The van der Waals surface area contributed by atoms with E-state index in [9.17, 15) is 13.2 Å². The summed E-state index contributed by atoms with van der Waals surface area (Å²) >= 11 is 0. The smallest absolute Gasteiger partial charge is 0.420 e. The number of ether oxygens (including phenoxy) is 1. The summed E-state index contributed by atoms with van der Waals surface area (Å²) in [6.45, 7) is 6.78. The Bertz CT molecular complexity index is 688. The van der Waals surface area contributed by atoms with Crippen LogP contribution < -0.4 is 0 Å². The van der Waals surface area contributed by atoms with E-state index in [4.69, 9.17) is 9.15 Å². The van der Waals surface area contributed by atoms with Crippen molar-refractivity contribution in [2.45, 2.75) is 32.5 Å². The van der Waals surface area contributed by atoms with Crippen LogP contribution in [0.15, 0.2) is 16.5 Å². The third kappa shape index (κ3) is 3.50. The number of aromatic nitrogens is 1. The van der Waals surface area contributed by atoms with Gasteiger partial charge in [0.25, 0.3) is 0 Å². The molecule has 1 aliphatic heterocycles. The molecule has 0 bridgehead atoms. The van der Waals surface area contributed by atoms with Gasteiger partial charge in [0, 0.05) is 25.6 Å². The highest BCUT2D eigenvalue weighted by Crippen LogP contribution is 2.37. The number of morpholine rings is 1. The first kappa shape index (κ1) is 16.3. The third-order valence-electron chi connectivity index (χ3n) is 3.88. The molecule has 0 atom stereocenters. The normalized spacial score (nSPS) is 17.3. The van der Waals surface area contributed by atoms with Gasteiger partial charge in [0.15, 0.2) is 11.5 Å². The maximum absolute atomic E-state index is 13.4. The van der Waals surface area contributed by atoms with Crippen molar-refractivity contribution >= 4 is 11.1 Å². The van der Waals surface area contributed by atoms with Gasteiger partial charge in [0.1, 0.15) is 11.1 Å². The molecule has 0 radical (unpaired) electrons. The molecule has 0 unspecified atom stereocenters. The van der Waals surface area contributed by atoms with E-state index in [1.807, 2.05) is 13.8 Å². The molecule has 1 saturated heterocycles. The van der Waals surface area contributed by atoms with Gasteiger partial charge in [0.05, 0.1) is 13.2 Å². The summed E-state index contributed by atoms with van der Waals surface area (Å²) in [4.78, 5) is 6.31. The first-order valence-electron chi connectivity index (χ1n) is 7.65. The Balaban J connectivity index is 2.01. The fourth-order valence-electron chi connectivity index (χ4n) is 2.67. The minimum absolute atomic E-state index is 0.0637. The van der Waals surface area contributed by atoms with Crippen LogP contribution in [0.3, 0.4) is 0 Å². The largest absolute Gasteiger partial charge is 0.440 e. The summed E-state index contributed by atoms with van der Waals surface area (Å²) in [6, 6.07) is 2.86. The highest BCUT2D eigenvalue weighted by Gasteiger charge is 2.35. The second-order valence-electron chi connectivity index (χ2n) is 6.08. The predicted molar refractivity (Wildman–Crippen MR) is 79.2 cm³/mol. The Morgan fingerprint density at radius 1 is 1.22 bits per heavy atom. The lowest BCUT2D eigenvalue weighted by Crippen LogP contribution is -2.35. The standard InChI is InChI=1S/C16H19F3N2O2/c1-10(2)15-20-13-8-11(9-21-3-5-22-6-4-21)7-12(14(13)23-15)16(17,18)19/h7-8,10H,3-6,9H2,1-2H3. The summed E-state index contributed by atoms with van der Waals surface area (Å²) in [6.07, 6.45) is -4.47. The average Bonchev–Trinajstić information content (AvgIpc) is 2.90. The Morgan fingerprint density at radius 3 is 2.52 bits per heavy atom. The number of nitrogens with zero attached hydrogens (tertiary/aromatic N) is 2. The van der Waals surface area contributed by atoms with Crippen molar-refractivity contribution in [3.05, 3.63) is 29.2 Å². The van der Waals surface area contributed by atoms with Gasteiger partial charge in [-0.3, -0.25) is 4.90 Å². The summed E-state index contributed by atoms with van der Waals surface area (Å²) in [7, 11) is 0. The molecule has 1 fully saturated rings. The maximum atomic E-state index is 13.4. The minimum Gasteiger partial charge on any atom is -0.440 e. The monoisotopic (exact) mass is 328 g/mol. The van der Waals surface area contributed by atoms with Gasteiger partial charge in [0.2, 0.25) is 0 Å². The van der Waals surface area contributed by atoms with Crippen molar-refractivity contribution in [3.63, 3.8) is 0 Å². The maximum Gasteiger partial charge on any atom is 0.420 e. The van der Waals surface area contributed by atoms with Gasteiger partial charge >= 0.3 is 6.18 Å². The first-order valence-corrected chi connectivity index (χ1v) is 7.65. The zero-order chi connectivity index (χ0) is 16.6. The van der Waals surface area contributed by atoms with E-state index in [0.29, 0.717) is 31.2 Å². The predicted octanol–water partition coefficient (Wildman–Crippen LogP) is 3.80. The molecule has 0 saturated carbocycles. The van der Waals surface area contributed by atoms with Gasteiger partial charge in [-0.1, -0.05) is 13.8 Å². The third-order valence-corrected chi connectivity index (χ3v) is 3.88. The van der Waals surface area contributed by atoms with Crippen molar-refractivity contribution < 1.29 is 22.3 Å². The summed E-state index contributed by atoms with van der Waals surface area (Å²) < 4.78 is 50.7. The fraction of sp³-hybridized carbons (Fsp3) is 0.562. The number of oxazole rings is 1. The number of halogens is 3. The van der Waals surface area contributed by atoms with E-state index < -0.39 is 11.7 Å². The van der Waals surface area contributed by atoms with Crippen LogP contribution in [0.1, 0.15) is 36.8 Å². The molecule has 4 nitrogen and oxygen atoms in total. The molecule has 1 aromatic heterocycles. The van der Waals surface area contributed by atoms with Gasteiger partial charge in [-0.25, -0.2) is 4.98 Å². The molecule has 2 aromatic rings. The van der Waals surface area contributed by atoms with Crippen LogP contribution in [-0.2, 0) is 17.5 Å². The van der Waals surface area contributed by atoms with E-state index >= 15 is 0 Å². The Hall–Kier alpha value is -1.60. The molecule has 0 N–H and O–H groups in total. The Morgan fingerprint density at radius 2 is 1.91 bits per heavy atom. The van der Waals surface area contributed by atoms with Crippen molar-refractivity contribution in [1.29, 1.82) is 0 Å². The van der Waals surface area contributed by atoms with Gasteiger partial charge in [-0.2, -0.15) is 13.2 Å². The number of benzene rings is 1. The van der Waals surface area contributed by atoms with Crippen LogP contribution in [0, 0.1) is 0 Å². The SMILES string of the molecule is CC(C)c1nc2cc(CN3CCOCC3)cc(C(F)(F)F)c2o1. The second kappa shape index (κ2) is 6.13. The lowest BCUT2D eigenvalue weighted by atomic mass is 10.1. The van der Waals surface area contributed by atoms with Crippen LogP contribution in [0.25, 0.3) is 11.1 Å². The number of alkyl halides is 3. The first-order chi connectivity index (χ1) is 10.8. The zero-order valence-corrected chi connectivity index (χ0v) is 13.1. The van der Waals surface area contributed by atoms with E-state index in [0.717, 1.165) is 13.1 Å². The highest BCUT2D eigenvalue weighted by atomic mass is 19.4. The summed E-state index contributed by atoms with van der Waals surface area (Å²) in [5.74, 6) is 0.264. The van der Waals surface area contributed by atoms with Crippen molar-refractivity contribution in [3.8, 4) is 0 Å². The van der Waals surface area contributed by atoms with Gasteiger partial charge < -0.3 is 9.15 Å². The molecule has 0 amide bonds. The molecule has 126 valence electrons. The summed E-state index contributed by atoms with van der Waals surface area (Å²) in [5, 5.41) is 0. The highest BCUT2D eigenvalue weighted by molar-refractivity contribution is 5.78. The molecule has 3 rings (SSSR count). The van der Waals surface area contributed by atoms with Crippen LogP contribution in [0.5, 0.6) is 0 Å². The molecular weight excluding hydrogens is 309 g/mol. The molecular formula is C16H19F3N2O2. The lowest BCUT2D eigenvalue weighted by Gasteiger charge is -2.26.